The van der Waals surface area contributed by atoms with Crippen molar-refractivity contribution in [2.75, 3.05) is 24.4 Å². The van der Waals surface area contributed by atoms with Gasteiger partial charge in [0.05, 0.1) is 16.7 Å². The minimum Gasteiger partial charge on any atom is -0.390 e. The lowest BCUT2D eigenvalue weighted by Gasteiger charge is -2.30. The van der Waals surface area contributed by atoms with Crippen molar-refractivity contribution < 1.29 is 14.1 Å². The van der Waals surface area contributed by atoms with Gasteiger partial charge in [0.25, 0.3) is 5.91 Å². The van der Waals surface area contributed by atoms with Crippen LogP contribution in [0.25, 0.3) is 5.65 Å². The molecule has 0 aliphatic carbocycles. The summed E-state index contributed by atoms with van der Waals surface area (Å²) in [5.74, 6) is -0.348. The maximum Gasteiger partial charge on any atom is 0.271 e. The number of carbonyl (C=O) groups excluding carboxylic acids is 1. The lowest BCUT2D eigenvalue weighted by atomic mass is 10.00. The smallest absolute Gasteiger partial charge is 0.271 e. The molecular formula is C26H27N5O3S. The van der Waals surface area contributed by atoms with Crippen LogP contribution in [0.5, 0.6) is 0 Å². The van der Waals surface area contributed by atoms with Gasteiger partial charge in [-0.3, -0.25) is 14.4 Å². The molecule has 0 saturated carbocycles. The lowest BCUT2D eigenvalue weighted by molar-refractivity contribution is 0.0838. The summed E-state index contributed by atoms with van der Waals surface area (Å²) in [4.78, 5) is 19.9. The Morgan fingerprint density at radius 3 is 2.63 bits per heavy atom. The summed E-state index contributed by atoms with van der Waals surface area (Å²) in [5, 5.41) is 13.3. The quantitative estimate of drug-likeness (QED) is 0.353. The molecule has 3 N–H and O–H groups in total. The van der Waals surface area contributed by atoms with Crippen LogP contribution >= 0.6 is 0 Å². The molecule has 1 amide bonds. The molecule has 5 rings (SSSR count). The van der Waals surface area contributed by atoms with Crippen molar-refractivity contribution in [3.63, 3.8) is 0 Å². The average Bonchev–Trinajstić information content (AvgIpc) is 3.31. The topological polar surface area (TPSA) is 99.0 Å². The third kappa shape index (κ3) is 5.59. The van der Waals surface area contributed by atoms with Crippen LogP contribution in [0.3, 0.4) is 0 Å². The van der Waals surface area contributed by atoms with Crippen LogP contribution in [0, 0.1) is 0 Å². The molecule has 9 heteroatoms. The zero-order valence-electron chi connectivity index (χ0n) is 19.1. The lowest BCUT2D eigenvalue weighted by Crippen LogP contribution is -2.42. The first kappa shape index (κ1) is 23.2. The van der Waals surface area contributed by atoms with Crippen molar-refractivity contribution in [1.29, 1.82) is 0 Å². The maximum absolute atomic E-state index is 12.6. The number of aliphatic hydroxyl groups excluding tert-OH is 1. The van der Waals surface area contributed by atoms with Gasteiger partial charge in [-0.05, 0) is 41.8 Å². The molecule has 2 atom stereocenters. The van der Waals surface area contributed by atoms with Gasteiger partial charge in [0.2, 0.25) is 0 Å². The molecule has 1 unspecified atom stereocenters. The Morgan fingerprint density at radius 2 is 1.80 bits per heavy atom. The van der Waals surface area contributed by atoms with E-state index in [9.17, 15) is 14.1 Å². The highest BCUT2D eigenvalue weighted by atomic mass is 32.2. The van der Waals surface area contributed by atoms with Gasteiger partial charge in [0.15, 0.2) is 0 Å². The first-order valence-electron chi connectivity index (χ1n) is 11.5. The van der Waals surface area contributed by atoms with Gasteiger partial charge >= 0.3 is 0 Å². The Labute approximate surface area is 206 Å². The molecule has 0 radical (unpaired) electrons. The summed E-state index contributed by atoms with van der Waals surface area (Å²) in [7, 11) is -1.40. The molecule has 0 saturated heterocycles. The Bertz CT molecular complexity index is 1360. The molecule has 0 spiro atoms. The predicted molar refractivity (Wildman–Crippen MR) is 135 cm³/mol. The largest absolute Gasteiger partial charge is 0.390 e. The SMILES string of the molecule is O=C(NCC(O)CN1CCc2ccccc2C1)c1cn2cc(N[S@@](=O)c3ccccc3)ccc2n1. The minimum atomic E-state index is -1.40. The number of β-amino-alcohol motifs (C(OH)–C–C–N with tert-alkyl or cyclic N) is 1. The molecule has 1 aliphatic heterocycles. The standard InChI is InChI=1S/C26H27N5O3S/c32-22(17-30-13-12-19-6-4-5-7-20(19)15-30)14-27-26(33)24-18-31-16-21(10-11-25(31)28-24)29-35(34)23-8-2-1-3-9-23/h1-11,16,18,22,29,32H,12-15,17H2,(H,27,33)/t22?,35-/m0/s1. The molecular weight excluding hydrogens is 462 g/mol. The number of amides is 1. The third-order valence-electron chi connectivity index (χ3n) is 6.03. The Hall–Kier alpha value is -3.53. The van der Waals surface area contributed by atoms with E-state index in [4.69, 9.17) is 0 Å². The van der Waals surface area contributed by atoms with E-state index >= 15 is 0 Å². The van der Waals surface area contributed by atoms with Crippen LogP contribution in [0.1, 0.15) is 21.6 Å². The van der Waals surface area contributed by atoms with E-state index in [0.29, 0.717) is 22.8 Å². The zero-order valence-corrected chi connectivity index (χ0v) is 19.9. The van der Waals surface area contributed by atoms with Crippen molar-refractivity contribution in [2.45, 2.75) is 24.0 Å². The van der Waals surface area contributed by atoms with Crippen molar-refractivity contribution in [3.05, 3.63) is 95.9 Å². The van der Waals surface area contributed by atoms with E-state index < -0.39 is 17.1 Å². The number of anilines is 1. The van der Waals surface area contributed by atoms with E-state index in [1.54, 1.807) is 41.1 Å². The average molecular weight is 490 g/mol. The molecule has 2 aromatic heterocycles. The van der Waals surface area contributed by atoms with Gasteiger partial charge in [-0.2, -0.15) is 0 Å². The van der Waals surface area contributed by atoms with Crippen LogP contribution < -0.4 is 10.0 Å². The molecule has 4 aromatic rings. The summed E-state index contributed by atoms with van der Waals surface area (Å²) in [6.45, 7) is 2.33. The van der Waals surface area contributed by atoms with E-state index in [-0.39, 0.29) is 18.1 Å². The number of fused-ring (bicyclic) bond motifs is 2. The van der Waals surface area contributed by atoms with Crippen LogP contribution in [0.15, 0.2) is 84.0 Å². The number of nitrogens with one attached hydrogen (secondary N) is 2. The van der Waals surface area contributed by atoms with Crippen LogP contribution in [0.4, 0.5) is 5.69 Å². The number of carbonyl (C=O) groups is 1. The molecule has 0 fully saturated rings. The highest BCUT2D eigenvalue weighted by molar-refractivity contribution is 7.86. The second-order valence-electron chi connectivity index (χ2n) is 8.61. The second kappa shape index (κ2) is 10.4. The van der Waals surface area contributed by atoms with Crippen molar-refractivity contribution in [3.8, 4) is 0 Å². The monoisotopic (exact) mass is 489 g/mol. The van der Waals surface area contributed by atoms with E-state index in [0.717, 1.165) is 19.5 Å². The number of pyridine rings is 1. The number of rotatable bonds is 8. The van der Waals surface area contributed by atoms with Crippen molar-refractivity contribution >= 4 is 28.2 Å². The normalized spacial score (nSPS) is 15.3. The number of hydrogen-bond donors (Lipinski definition) is 3. The molecule has 1 aliphatic rings. The van der Waals surface area contributed by atoms with Gasteiger partial charge in [-0.25, -0.2) is 9.19 Å². The molecule has 0 bridgehead atoms. The van der Waals surface area contributed by atoms with Crippen LogP contribution in [-0.4, -0.2) is 55.2 Å². The highest BCUT2D eigenvalue weighted by Gasteiger charge is 2.19. The first-order valence-corrected chi connectivity index (χ1v) is 12.7. The number of benzene rings is 2. The van der Waals surface area contributed by atoms with Crippen molar-refractivity contribution in [2.24, 2.45) is 0 Å². The maximum atomic E-state index is 12.6. The number of hydrogen-bond acceptors (Lipinski definition) is 5. The van der Waals surface area contributed by atoms with Gasteiger partial charge in [0, 0.05) is 38.6 Å². The summed E-state index contributed by atoms with van der Waals surface area (Å²) in [6, 6.07) is 21.0. The summed E-state index contributed by atoms with van der Waals surface area (Å²) < 4.78 is 17.2. The van der Waals surface area contributed by atoms with E-state index in [1.807, 2.05) is 24.3 Å². The van der Waals surface area contributed by atoms with Crippen LogP contribution in [0.2, 0.25) is 0 Å². The van der Waals surface area contributed by atoms with Gasteiger partial charge in [-0.1, -0.05) is 42.5 Å². The fraction of sp³-hybridized carbons (Fsp3) is 0.231. The fourth-order valence-electron chi connectivity index (χ4n) is 4.25. The first-order chi connectivity index (χ1) is 17.0. The van der Waals surface area contributed by atoms with E-state index in [1.165, 1.54) is 11.1 Å². The number of aromatic nitrogens is 2. The molecule has 35 heavy (non-hydrogen) atoms. The van der Waals surface area contributed by atoms with Crippen LogP contribution in [-0.2, 0) is 24.0 Å². The number of aliphatic hydroxyl groups is 1. The van der Waals surface area contributed by atoms with Crippen molar-refractivity contribution in [1.82, 2.24) is 19.6 Å². The Morgan fingerprint density at radius 1 is 1.03 bits per heavy atom. The van der Waals surface area contributed by atoms with Gasteiger partial charge in [0.1, 0.15) is 22.3 Å². The zero-order chi connectivity index (χ0) is 24.2. The predicted octanol–water partition coefficient (Wildman–Crippen LogP) is 2.62. The summed E-state index contributed by atoms with van der Waals surface area (Å²) in [5.41, 5.74) is 4.15. The number of nitrogens with zero attached hydrogens (tertiary/aromatic N) is 3. The number of imidazole rings is 1. The van der Waals surface area contributed by atoms with Gasteiger partial charge in [-0.15, -0.1) is 0 Å². The molecule has 180 valence electrons. The summed E-state index contributed by atoms with van der Waals surface area (Å²) >= 11 is 0. The Kier molecular flexibility index (Phi) is 6.89. The third-order valence-corrected chi connectivity index (χ3v) is 7.15. The molecule has 3 heterocycles. The minimum absolute atomic E-state index is 0.147. The van der Waals surface area contributed by atoms with E-state index in [2.05, 4.69) is 38.1 Å². The summed E-state index contributed by atoms with van der Waals surface area (Å²) in [6.07, 6.45) is 3.65. The Balaban J connectivity index is 1.16. The molecule has 8 nitrogen and oxygen atoms in total. The van der Waals surface area contributed by atoms with Gasteiger partial charge < -0.3 is 14.8 Å². The fourth-order valence-corrected chi connectivity index (χ4v) is 5.10. The second-order valence-corrected chi connectivity index (χ2v) is 9.82. The molecule has 2 aromatic carbocycles. The highest BCUT2D eigenvalue weighted by Crippen LogP contribution is 2.18.